The lowest BCUT2D eigenvalue weighted by molar-refractivity contribution is 0.574. The van der Waals surface area contributed by atoms with Crippen molar-refractivity contribution in [1.29, 1.82) is 5.26 Å². The van der Waals surface area contributed by atoms with Gasteiger partial charge in [-0.05, 0) is 48.5 Å². The predicted octanol–water partition coefficient (Wildman–Crippen LogP) is 9.41. The molecule has 0 saturated carbocycles. The fourth-order valence-corrected chi connectivity index (χ4v) is 6.87. The van der Waals surface area contributed by atoms with Crippen molar-refractivity contribution in [3.05, 3.63) is 145 Å². The van der Waals surface area contributed by atoms with Crippen LogP contribution in [0.3, 0.4) is 0 Å². The van der Waals surface area contributed by atoms with E-state index in [0.29, 0.717) is 34.8 Å². The van der Waals surface area contributed by atoms with Crippen LogP contribution in [0.15, 0.2) is 144 Å². The highest BCUT2D eigenvalue weighted by Gasteiger charge is 2.24. The third-order valence-corrected chi connectivity index (χ3v) is 9.07. The van der Waals surface area contributed by atoms with Crippen LogP contribution in [-0.4, -0.2) is 29.1 Å². The van der Waals surface area contributed by atoms with Crippen molar-refractivity contribution in [2.45, 2.75) is 0 Å². The van der Waals surface area contributed by atoms with Crippen LogP contribution >= 0.6 is 0 Å². The van der Waals surface area contributed by atoms with Gasteiger partial charge in [0.25, 0.3) is 0 Å². The number of fused-ring (bicyclic) bond motifs is 8. The minimum absolute atomic E-state index is 0.473. The quantitative estimate of drug-likeness (QED) is 0.192. The Balaban J connectivity index is 1.37. The number of para-hydroxylation sites is 4. The van der Waals surface area contributed by atoms with Gasteiger partial charge in [0, 0.05) is 32.7 Å². The fraction of sp³-hybridized carbons (Fsp3) is 0. The molecule has 0 aliphatic carbocycles. The number of benzene rings is 6. The smallest absolute Gasteiger partial charge is 0.307 e. The van der Waals surface area contributed by atoms with E-state index in [1.54, 1.807) is 12.1 Å². The molecule has 228 valence electrons. The molecular weight excluding hydrogens is 606 g/mol. The Morgan fingerprint density at radius 1 is 0.490 bits per heavy atom. The predicted molar refractivity (Wildman–Crippen MR) is 192 cm³/mol. The highest BCUT2D eigenvalue weighted by atomic mass is 16.4. The Morgan fingerprint density at radius 2 is 1.06 bits per heavy atom. The highest BCUT2D eigenvalue weighted by molar-refractivity contribution is 6.23. The van der Waals surface area contributed by atoms with Gasteiger partial charge in [-0.1, -0.05) is 91.0 Å². The van der Waals surface area contributed by atoms with E-state index in [2.05, 4.69) is 63.7 Å². The van der Waals surface area contributed by atoms with Crippen LogP contribution in [0.1, 0.15) is 5.56 Å². The number of aromatic nitrogens is 6. The average Bonchev–Trinajstić information content (AvgIpc) is 3.85. The lowest BCUT2D eigenvalue weighted by atomic mass is 10.1. The second-order valence-electron chi connectivity index (χ2n) is 11.9. The van der Waals surface area contributed by atoms with Crippen molar-refractivity contribution in [1.82, 2.24) is 29.1 Å². The molecule has 0 spiro atoms. The van der Waals surface area contributed by atoms with Gasteiger partial charge < -0.3 is 4.42 Å². The zero-order chi connectivity index (χ0) is 32.5. The molecule has 0 radical (unpaired) electrons. The molecule has 0 atom stereocenters. The van der Waals surface area contributed by atoms with Crippen LogP contribution in [0.2, 0.25) is 0 Å². The summed E-state index contributed by atoms with van der Waals surface area (Å²) < 4.78 is 10.7. The Bertz CT molecular complexity index is 2910. The molecule has 0 amide bonds. The van der Waals surface area contributed by atoms with Gasteiger partial charge in [-0.15, -0.1) is 0 Å². The van der Waals surface area contributed by atoms with Crippen LogP contribution in [0.25, 0.3) is 89.5 Å². The summed E-state index contributed by atoms with van der Waals surface area (Å²) in [5.41, 5.74) is 7.51. The largest absolute Gasteiger partial charge is 0.423 e. The first kappa shape index (κ1) is 27.0. The lowest BCUT2D eigenvalue weighted by Crippen LogP contribution is -2.07. The summed E-state index contributed by atoms with van der Waals surface area (Å²) in [5, 5.41) is 13.7. The number of hydrogen-bond donors (Lipinski definition) is 0. The van der Waals surface area contributed by atoms with Crippen molar-refractivity contribution >= 4 is 54.7 Å². The summed E-state index contributed by atoms with van der Waals surface area (Å²) in [6.07, 6.45) is 0. The molecule has 10 aromatic rings. The molecule has 0 saturated heterocycles. The number of nitriles is 1. The standard InChI is InChI=1S/C41H23N7O/c42-24-25-18-20-27(21-19-25)39-44-38(26-10-2-1-3-11-26)45-40(46-39)47-33-15-7-4-12-28(33)30-22-23-31-29-13-5-8-16-34(29)48(37(31)36(30)47)41-43-32-14-6-9-17-35(32)49-41/h1-23H. The second-order valence-corrected chi connectivity index (χ2v) is 11.9. The second kappa shape index (κ2) is 10.5. The van der Waals surface area contributed by atoms with E-state index in [0.717, 1.165) is 60.3 Å². The summed E-state index contributed by atoms with van der Waals surface area (Å²) >= 11 is 0. The van der Waals surface area contributed by atoms with E-state index in [1.807, 2.05) is 78.9 Å². The van der Waals surface area contributed by atoms with Crippen molar-refractivity contribution < 1.29 is 4.42 Å². The van der Waals surface area contributed by atoms with Crippen LogP contribution in [0.4, 0.5) is 0 Å². The molecule has 0 aliphatic rings. The van der Waals surface area contributed by atoms with Crippen molar-refractivity contribution in [2.75, 3.05) is 0 Å². The first-order valence-electron chi connectivity index (χ1n) is 15.9. The summed E-state index contributed by atoms with van der Waals surface area (Å²) in [6.45, 7) is 0. The molecule has 10 rings (SSSR count). The van der Waals surface area contributed by atoms with E-state index < -0.39 is 0 Å². The maximum atomic E-state index is 9.44. The Hall–Kier alpha value is -7.11. The van der Waals surface area contributed by atoms with Gasteiger partial charge in [-0.2, -0.15) is 20.2 Å². The summed E-state index contributed by atoms with van der Waals surface area (Å²) in [6, 6.07) is 48.7. The Labute approximate surface area is 278 Å². The van der Waals surface area contributed by atoms with Crippen LogP contribution in [0.5, 0.6) is 0 Å². The lowest BCUT2D eigenvalue weighted by Gasteiger charge is -2.12. The molecule has 8 heteroatoms. The normalized spacial score (nSPS) is 11.7. The van der Waals surface area contributed by atoms with Gasteiger partial charge in [0.1, 0.15) is 5.52 Å². The van der Waals surface area contributed by atoms with Crippen LogP contribution in [-0.2, 0) is 0 Å². The van der Waals surface area contributed by atoms with Gasteiger partial charge in [0.2, 0.25) is 5.95 Å². The Morgan fingerprint density at radius 3 is 1.73 bits per heavy atom. The third kappa shape index (κ3) is 4.10. The fourth-order valence-electron chi connectivity index (χ4n) is 6.87. The first-order valence-corrected chi connectivity index (χ1v) is 15.9. The topological polar surface area (TPSA) is 98.3 Å². The molecule has 8 nitrogen and oxygen atoms in total. The van der Waals surface area contributed by atoms with Gasteiger partial charge >= 0.3 is 6.01 Å². The zero-order valence-electron chi connectivity index (χ0n) is 25.8. The first-order chi connectivity index (χ1) is 24.2. The molecule has 6 aromatic carbocycles. The number of rotatable bonds is 4. The summed E-state index contributed by atoms with van der Waals surface area (Å²) in [4.78, 5) is 20.2. The van der Waals surface area contributed by atoms with Crippen LogP contribution in [0, 0.1) is 11.3 Å². The van der Waals surface area contributed by atoms with E-state index in [1.165, 1.54) is 0 Å². The molecule has 0 N–H and O–H groups in total. The van der Waals surface area contributed by atoms with Gasteiger partial charge in [0.05, 0.1) is 33.7 Å². The minimum atomic E-state index is 0.473. The minimum Gasteiger partial charge on any atom is -0.423 e. The van der Waals surface area contributed by atoms with Crippen LogP contribution < -0.4 is 0 Å². The molecule has 4 heterocycles. The number of hydrogen-bond acceptors (Lipinski definition) is 6. The average molecular weight is 630 g/mol. The van der Waals surface area contributed by atoms with Crippen molar-refractivity contribution in [3.8, 4) is 40.8 Å². The molecule has 0 unspecified atom stereocenters. The molecule has 4 aromatic heterocycles. The van der Waals surface area contributed by atoms with E-state index in [-0.39, 0.29) is 0 Å². The monoisotopic (exact) mass is 629 g/mol. The van der Waals surface area contributed by atoms with Gasteiger partial charge in [-0.3, -0.25) is 9.13 Å². The summed E-state index contributed by atoms with van der Waals surface area (Å²) in [5.74, 6) is 1.52. The van der Waals surface area contributed by atoms with Gasteiger partial charge in [0.15, 0.2) is 17.2 Å². The van der Waals surface area contributed by atoms with Crippen molar-refractivity contribution in [3.63, 3.8) is 0 Å². The van der Waals surface area contributed by atoms with E-state index in [4.69, 9.17) is 24.4 Å². The Kier molecular flexibility index (Phi) is 5.77. The number of oxazole rings is 1. The van der Waals surface area contributed by atoms with Gasteiger partial charge in [-0.25, -0.2) is 4.98 Å². The highest BCUT2D eigenvalue weighted by Crippen LogP contribution is 2.41. The van der Waals surface area contributed by atoms with E-state index in [9.17, 15) is 5.26 Å². The maximum Gasteiger partial charge on any atom is 0.307 e. The third-order valence-electron chi connectivity index (χ3n) is 9.07. The van der Waals surface area contributed by atoms with Crippen molar-refractivity contribution in [2.24, 2.45) is 0 Å². The van der Waals surface area contributed by atoms with E-state index >= 15 is 0 Å². The number of nitrogens with zero attached hydrogens (tertiary/aromatic N) is 7. The molecular formula is C41H23N7O. The summed E-state index contributed by atoms with van der Waals surface area (Å²) in [7, 11) is 0. The molecule has 0 fully saturated rings. The maximum absolute atomic E-state index is 9.44. The SMILES string of the molecule is N#Cc1ccc(-c2nc(-c3ccccc3)nc(-n3c4ccccc4c4ccc5c6ccccc6n(-c6nc7ccccc7o6)c5c43)n2)cc1. The molecule has 0 bridgehead atoms. The molecule has 0 aliphatic heterocycles. The molecule has 49 heavy (non-hydrogen) atoms. The zero-order valence-corrected chi connectivity index (χ0v) is 25.8.